The molecule has 0 aliphatic carbocycles. The van der Waals surface area contributed by atoms with Gasteiger partial charge in [-0.3, -0.25) is 0 Å². The molecular weight excluding hydrogens is 88.1 g/mol. The van der Waals surface area contributed by atoms with E-state index in [-0.39, 0.29) is 0 Å². The van der Waals surface area contributed by atoms with Crippen LogP contribution in [0.3, 0.4) is 0 Å². The minimum atomic E-state index is 0.524. The van der Waals surface area contributed by atoms with Crippen molar-refractivity contribution in [2.75, 3.05) is 6.54 Å². The van der Waals surface area contributed by atoms with E-state index in [0.717, 1.165) is 0 Å². The number of allylic oxidation sites excluding steroid dienone is 1. The van der Waals surface area contributed by atoms with Crippen molar-refractivity contribution >= 4 is 0 Å². The lowest BCUT2D eigenvalue weighted by Crippen LogP contribution is -1.95. The average molecular weight is 98.1 g/mol. The van der Waals surface area contributed by atoms with Crippen LogP contribution in [-0.4, -0.2) is 6.54 Å². The molecule has 0 heterocycles. The Balaban J connectivity index is 3.26. The van der Waals surface area contributed by atoms with E-state index in [1.165, 1.54) is 0 Å². The van der Waals surface area contributed by atoms with E-state index in [2.05, 4.69) is 6.58 Å². The van der Waals surface area contributed by atoms with Gasteiger partial charge in [-0.25, -0.2) is 0 Å². The van der Waals surface area contributed by atoms with Crippen molar-refractivity contribution in [1.82, 2.24) is 0 Å². The quantitative estimate of drug-likeness (QED) is 0.477. The van der Waals surface area contributed by atoms with Crippen molar-refractivity contribution in [1.29, 1.82) is 0 Å². The molecule has 0 aliphatic rings. The van der Waals surface area contributed by atoms with Crippen molar-refractivity contribution in [2.24, 2.45) is 11.5 Å². The first kappa shape index (κ1) is 6.24. The third-order valence-corrected chi connectivity index (χ3v) is 0.468. The fourth-order valence-corrected chi connectivity index (χ4v) is 0.219. The maximum Gasteiger partial charge on any atom is 0.0238 e. The molecule has 2 nitrogen and oxygen atoms in total. The Bertz CT molecular complexity index is 84.1. The van der Waals surface area contributed by atoms with Gasteiger partial charge in [-0.2, -0.15) is 0 Å². The molecule has 2 heteroatoms. The molecule has 4 N–H and O–H groups in total. The highest BCUT2D eigenvalue weighted by Crippen LogP contribution is 1.76. The van der Waals surface area contributed by atoms with Gasteiger partial charge in [0.1, 0.15) is 0 Å². The summed E-state index contributed by atoms with van der Waals surface area (Å²) in [6, 6.07) is 0. The smallest absolute Gasteiger partial charge is 0.0238 e. The van der Waals surface area contributed by atoms with Gasteiger partial charge in [0, 0.05) is 12.2 Å². The molecule has 0 radical (unpaired) electrons. The molecule has 0 fully saturated rings. The molecule has 0 atom stereocenters. The Hall–Kier alpha value is -0.760. The first-order valence-corrected chi connectivity index (χ1v) is 2.08. The van der Waals surface area contributed by atoms with Crippen LogP contribution in [-0.2, 0) is 0 Å². The van der Waals surface area contributed by atoms with E-state index in [0.29, 0.717) is 12.2 Å². The molecule has 0 spiro atoms. The third kappa shape index (κ3) is 5.24. The lowest BCUT2D eigenvalue weighted by molar-refractivity contribution is 1.24. The zero-order chi connectivity index (χ0) is 5.70. The summed E-state index contributed by atoms with van der Waals surface area (Å²) in [4.78, 5) is 0. The summed E-state index contributed by atoms with van der Waals surface area (Å²) in [7, 11) is 0. The first-order chi connectivity index (χ1) is 3.27. The number of hydrogen-bond acceptors (Lipinski definition) is 2. The summed E-state index contributed by atoms with van der Waals surface area (Å²) in [5, 5.41) is 0. The van der Waals surface area contributed by atoms with Gasteiger partial charge in [-0.1, -0.05) is 12.7 Å². The third-order valence-electron chi connectivity index (χ3n) is 0.468. The summed E-state index contributed by atoms with van der Waals surface area (Å²) in [5.74, 6) is 0. The monoisotopic (exact) mass is 98.1 g/mol. The van der Waals surface area contributed by atoms with E-state index in [4.69, 9.17) is 11.5 Å². The second-order valence-electron chi connectivity index (χ2n) is 1.21. The minimum Gasteiger partial charge on any atom is -0.399 e. The summed E-state index contributed by atoms with van der Waals surface area (Å²) in [5.41, 5.74) is 10.8. The average Bonchev–Trinajstić information content (AvgIpc) is 1.61. The highest BCUT2D eigenvalue weighted by Gasteiger charge is 1.67. The van der Waals surface area contributed by atoms with Gasteiger partial charge in [0.25, 0.3) is 0 Å². The molecule has 0 saturated carbocycles. The van der Waals surface area contributed by atoms with Crippen LogP contribution >= 0.6 is 0 Å². The molecule has 7 heavy (non-hydrogen) atoms. The zero-order valence-electron chi connectivity index (χ0n) is 4.22. The summed E-state index contributed by atoms with van der Waals surface area (Å²) in [6.45, 7) is 3.95. The van der Waals surface area contributed by atoms with Crippen LogP contribution in [0.2, 0.25) is 0 Å². The summed E-state index contributed by atoms with van der Waals surface area (Å²) in [6.07, 6.45) is 3.43. The molecule has 0 aliphatic heterocycles. The number of rotatable bonds is 2. The molecule has 0 aromatic rings. The molecule has 40 valence electrons. The molecule has 0 amide bonds. The second-order valence-corrected chi connectivity index (χ2v) is 1.21. The standard InChI is InChI=1S/C5H10N2/c1-5(7)3-2-4-6/h2-3H,1,4,6-7H2/b3-2+. The predicted molar refractivity (Wildman–Crippen MR) is 31.5 cm³/mol. The first-order valence-electron chi connectivity index (χ1n) is 2.08. The number of nitrogens with two attached hydrogens (primary N) is 2. The lowest BCUT2D eigenvalue weighted by atomic mass is 10.4. The Morgan fingerprint density at radius 3 is 2.43 bits per heavy atom. The van der Waals surface area contributed by atoms with Crippen molar-refractivity contribution in [2.45, 2.75) is 0 Å². The van der Waals surface area contributed by atoms with Crippen molar-refractivity contribution in [3.63, 3.8) is 0 Å². The zero-order valence-corrected chi connectivity index (χ0v) is 4.22. The molecule has 0 aromatic carbocycles. The van der Waals surface area contributed by atoms with E-state index in [1.807, 2.05) is 0 Å². The molecular formula is C5H10N2. The highest BCUT2D eigenvalue weighted by atomic mass is 14.5. The van der Waals surface area contributed by atoms with Gasteiger partial charge in [-0.15, -0.1) is 0 Å². The number of hydrogen-bond donors (Lipinski definition) is 2. The van der Waals surface area contributed by atoms with Gasteiger partial charge in [0.05, 0.1) is 0 Å². The Morgan fingerprint density at radius 2 is 2.29 bits per heavy atom. The molecule has 0 unspecified atom stereocenters. The SMILES string of the molecule is C=C(N)/C=C/CN. The lowest BCUT2D eigenvalue weighted by Gasteiger charge is -1.81. The van der Waals surface area contributed by atoms with E-state index in [1.54, 1.807) is 12.2 Å². The molecule has 0 bridgehead atoms. The van der Waals surface area contributed by atoms with Crippen LogP contribution in [0.1, 0.15) is 0 Å². The Kier molecular flexibility index (Phi) is 3.06. The maximum atomic E-state index is 5.14. The molecule has 0 saturated heterocycles. The van der Waals surface area contributed by atoms with Crippen LogP contribution in [0.25, 0.3) is 0 Å². The van der Waals surface area contributed by atoms with Crippen LogP contribution in [0.15, 0.2) is 24.4 Å². The van der Waals surface area contributed by atoms with Crippen LogP contribution < -0.4 is 11.5 Å². The van der Waals surface area contributed by atoms with Gasteiger partial charge in [-0.05, 0) is 6.08 Å². The summed E-state index contributed by atoms with van der Waals surface area (Å²) >= 11 is 0. The van der Waals surface area contributed by atoms with Crippen LogP contribution in [0.5, 0.6) is 0 Å². The predicted octanol–water partition coefficient (Wildman–Crippen LogP) is -0.0263. The van der Waals surface area contributed by atoms with Crippen molar-refractivity contribution in [3.8, 4) is 0 Å². The van der Waals surface area contributed by atoms with E-state index in [9.17, 15) is 0 Å². The van der Waals surface area contributed by atoms with Crippen molar-refractivity contribution < 1.29 is 0 Å². The van der Waals surface area contributed by atoms with Gasteiger partial charge < -0.3 is 11.5 Å². The second kappa shape index (κ2) is 3.43. The van der Waals surface area contributed by atoms with Crippen LogP contribution in [0, 0.1) is 0 Å². The Morgan fingerprint density at radius 1 is 1.71 bits per heavy atom. The topological polar surface area (TPSA) is 52.0 Å². The fraction of sp³-hybridized carbons (Fsp3) is 0.200. The molecule has 0 rings (SSSR count). The van der Waals surface area contributed by atoms with Gasteiger partial charge in [0.2, 0.25) is 0 Å². The van der Waals surface area contributed by atoms with Crippen molar-refractivity contribution in [3.05, 3.63) is 24.4 Å². The maximum absolute atomic E-state index is 5.14. The van der Waals surface area contributed by atoms with E-state index >= 15 is 0 Å². The normalized spacial score (nSPS) is 9.86. The van der Waals surface area contributed by atoms with Gasteiger partial charge >= 0.3 is 0 Å². The van der Waals surface area contributed by atoms with E-state index < -0.39 is 0 Å². The minimum absolute atomic E-state index is 0.524. The Labute approximate surface area is 43.5 Å². The molecule has 0 aromatic heterocycles. The largest absolute Gasteiger partial charge is 0.399 e. The van der Waals surface area contributed by atoms with Gasteiger partial charge in [0.15, 0.2) is 0 Å². The summed E-state index contributed by atoms with van der Waals surface area (Å²) < 4.78 is 0. The highest BCUT2D eigenvalue weighted by molar-refractivity contribution is 5.09. The fourth-order valence-electron chi connectivity index (χ4n) is 0.219. The van der Waals surface area contributed by atoms with Crippen LogP contribution in [0.4, 0.5) is 0 Å².